The zero-order valence-corrected chi connectivity index (χ0v) is 14.8. The Kier molecular flexibility index (Phi) is 6.09. The summed E-state index contributed by atoms with van der Waals surface area (Å²) in [5.41, 5.74) is 0.596. The number of benzene rings is 2. The van der Waals surface area contributed by atoms with Gasteiger partial charge in [-0.15, -0.1) is 0 Å². The van der Waals surface area contributed by atoms with E-state index in [0.29, 0.717) is 31.0 Å². The van der Waals surface area contributed by atoms with E-state index in [1.165, 1.54) is 6.92 Å². The Morgan fingerprint density at radius 2 is 2.08 bits per heavy atom. The van der Waals surface area contributed by atoms with Gasteiger partial charge in [0.2, 0.25) is 0 Å². The van der Waals surface area contributed by atoms with Crippen molar-refractivity contribution in [3.63, 3.8) is 0 Å². The maximum absolute atomic E-state index is 11.4. The summed E-state index contributed by atoms with van der Waals surface area (Å²) in [6.07, 6.45) is -0.668. The molecular formula is C20H24NO5+. The second-order valence-corrected chi connectivity index (χ2v) is 6.31. The number of quaternary nitrogens is 1. The van der Waals surface area contributed by atoms with E-state index < -0.39 is 6.10 Å². The first kappa shape index (κ1) is 18.2. The summed E-state index contributed by atoms with van der Waals surface area (Å²) in [6, 6.07) is 14.6. The molecule has 3 N–H and O–H groups in total. The molecule has 0 radical (unpaired) electrons. The molecule has 3 rings (SSSR count). The first-order chi connectivity index (χ1) is 12.6. The number of rotatable bonds is 8. The monoisotopic (exact) mass is 358 g/mol. The van der Waals surface area contributed by atoms with Crippen molar-refractivity contribution in [2.24, 2.45) is 0 Å². The lowest BCUT2D eigenvalue weighted by Crippen LogP contribution is -2.89. The van der Waals surface area contributed by atoms with Crippen molar-refractivity contribution in [3.05, 3.63) is 54.1 Å². The normalized spacial score (nSPS) is 16.8. The topological polar surface area (TPSA) is 81.6 Å². The highest BCUT2D eigenvalue weighted by molar-refractivity contribution is 5.94. The molecule has 138 valence electrons. The number of hydrogen-bond donors (Lipinski definition) is 2. The summed E-state index contributed by atoms with van der Waals surface area (Å²) in [5.74, 6) is 2.09. The van der Waals surface area contributed by atoms with Crippen LogP contribution in [0.4, 0.5) is 0 Å². The maximum Gasteiger partial charge on any atom is 0.181 e. The van der Waals surface area contributed by atoms with Crippen molar-refractivity contribution in [1.29, 1.82) is 0 Å². The van der Waals surface area contributed by atoms with E-state index in [1.54, 1.807) is 24.3 Å². The summed E-state index contributed by atoms with van der Waals surface area (Å²) >= 11 is 0. The summed E-state index contributed by atoms with van der Waals surface area (Å²) < 4.78 is 17.1. The van der Waals surface area contributed by atoms with Gasteiger partial charge in [-0.1, -0.05) is 24.3 Å². The molecule has 0 aliphatic carbocycles. The number of carbonyl (C=O) groups is 1. The van der Waals surface area contributed by atoms with Crippen LogP contribution in [0.5, 0.6) is 17.2 Å². The Labute approximate surface area is 152 Å². The fourth-order valence-electron chi connectivity index (χ4n) is 2.72. The predicted molar refractivity (Wildman–Crippen MR) is 96.0 cm³/mol. The quantitative estimate of drug-likeness (QED) is 0.689. The van der Waals surface area contributed by atoms with Crippen molar-refractivity contribution in [2.75, 3.05) is 26.3 Å². The van der Waals surface area contributed by atoms with Gasteiger partial charge in [-0.2, -0.15) is 0 Å². The minimum Gasteiger partial charge on any atom is -0.491 e. The molecule has 0 saturated carbocycles. The Bertz CT molecular complexity index is 748. The van der Waals surface area contributed by atoms with Gasteiger partial charge in [-0.3, -0.25) is 4.79 Å². The van der Waals surface area contributed by atoms with Crippen LogP contribution in [0.3, 0.4) is 0 Å². The molecule has 0 amide bonds. The number of nitrogens with two attached hydrogens (primary N) is 1. The highest BCUT2D eigenvalue weighted by Crippen LogP contribution is 2.30. The SMILES string of the molecule is CC(=O)c1cccc(OC[C@@H](O)C[NH2+]C[C@@H]2COc3ccccc3O2)c1. The average Bonchev–Trinajstić information content (AvgIpc) is 2.66. The van der Waals surface area contributed by atoms with E-state index in [4.69, 9.17) is 14.2 Å². The van der Waals surface area contributed by atoms with Crippen molar-refractivity contribution in [3.8, 4) is 17.2 Å². The molecule has 0 fully saturated rings. The van der Waals surface area contributed by atoms with Gasteiger partial charge in [0.15, 0.2) is 23.4 Å². The van der Waals surface area contributed by atoms with Gasteiger partial charge in [-0.25, -0.2) is 0 Å². The molecule has 1 aliphatic rings. The Morgan fingerprint density at radius 3 is 2.88 bits per heavy atom. The third-order valence-electron chi connectivity index (χ3n) is 4.12. The first-order valence-corrected chi connectivity index (χ1v) is 8.74. The molecule has 0 bridgehead atoms. The lowest BCUT2D eigenvalue weighted by molar-refractivity contribution is -0.666. The molecular weight excluding hydrogens is 334 g/mol. The number of carbonyl (C=O) groups excluding carboxylic acids is 1. The highest BCUT2D eigenvalue weighted by Gasteiger charge is 2.22. The molecule has 6 nitrogen and oxygen atoms in total. The van der Waals surface area contributed by atoms with Crippen molar-refractivity contribution in [2.45, 2.75) is 19.1 Å². The maximum atomic E-state index is 11.4. The van der Waals surface area contributed by atoms with E-state index in [1.807, 2.05) is 29.6 Å². The van der Waals surface area contributed by atoms with Crippen LogP contribution >= 0.6 is 0 Å². The van der Waals surface area contributed by atoms with E-state index in [2.05, 4.69) is 0 Å². The summed E-state index contributed by atoms with van der Waals surface area (Å²) in [6.45, 7) is 3.36. The Balaban J connectivity index is 1.38. The number of aliphatic hydroxyl groups excluding tert-OH is 1. The van der Waals surface area contributed by atoms with E-state index in [9.17, 15) is 9.90 Å². The minimum atomic E-state index is -0.618. The van der Waals surface area contributed by atoms with Crippen LogP contribution in [-0.2, 0) is 0 Å². The van der Waals surface area contributed by atoms with Gasteiger partial charge in [0, 0.05) is 5.56 Å². The molecule has 26 heavy (non-hydrogen) atoms. The summed E-state index contributed by atoms with van der Waals surface area (Å²) in [4.78, 5) is 11.4. The summed E-state index contributed by atoms with van der Waals surface area (Å²) in [7, 11) is 0. The van der Waals surface area contributed by atoms with Gasteiger partial charge >= 0.3 is 0 Å². The molecule has 2 aromatic carbocycles. The molecule has 1 heterocycles. The van der Waals surface area contributed by atoms with Crippen molar-refractivity contribution >= 4 is 5.78 Å². The van der Waals surface area contributed by atoms with Crippen LogP contribution < -0.4 is 19.5 Å². The van der Waals surface area contributed by atoms with Crippen LogP contribution in [0.25, 0.3) is 0 Å². The van der Waals surface area contributed by atoms with Gasteiger partial charge < -0.3 is 24.6 Å². The van der Waals surface area contributed by atoms with Crippen LogP contribution in [0.1, 0.15) is 17.3 Å². The molecule has 2 atom stereocenters. The van der Waals surface area contributed by atoms with E-state index in [-0.39, 0.29) is 18.5 Å². The smallest absolute Gasteiger partial charge is 0.181 e. The molecule has 1 aliphatic heterocycles. The number of para-hydroxylation sites is 2. The largest absolute Gasteiger partial charge is 0.491 e. The minimum absolute atomic E-state index is 0.0133. The molecule has 0 spiro atoms. The van der Waals surface area contributed by atoms with Crippen molar-refractivity contribution in [1.82, 2.24) is 0 Å². The standard InChI is InChI=1S/C20H23NO5/c1-14(22)15-5-4-6-17(9-15)24-12-16(23)10-21-11-18-13-25-19-7-2-3-8-20(19)26-18/h2-9,16,18,21,23H,10-13H2,1H3/p+1/t16-,18+/m0/s1. The van der Waals surface area contributed by atoms with Crippen molar-refractivity contribution < 1.29 is 29.4 Å². The van der Waals surface area contributed by atoms with Gasteiger partial charge in [0.25, 0.3) is 0 Å². The van der Waals surface area contributed by atoms with Crippen LogP contribution in [0.15, 0.2) is 48.5 Å². The van der Waals surface area contributed by atoms with Crippen LogP contribution in [0.2, 0.25) is 0 Å². The fourth-order valence-corrected chi connectivity index (χ4v) is 2.72. The number of ether oxygens (including phenoxy) is 3. The molecule has 0 unspecified atom stereocenters. The van der Waals surface area contributed by atoms with E-state index >= 15 is 0 Å². The predicted octanol–water partition coefficient (Wildman–Crippen LogP) is 1.03. The molecule has 0 aromatic heterocycles. The van der Waals surface area contributed by atoms with Gasteiger partial charge in [-0.05, 0) is 31.2 Å². The lowest BCUT2D eigenvalue weighted by Gasteiger charge is -2.25. The number of hydrogen-bond acceptors (Lipinski definition) is 5. The van der Waals surface area contributed by atoms with Crippen LogP contribution in [-0.4, -0.2) is 49.4 Å². The first-order valence-electron chi connectivity index (χ1n) is 8.74. The number of ketones is 1. The number of aliphatic hydroxyl groups is 1. The lowest BCUT2D eigenvalue weighted by atomic mass is 10.1. The second kappa shape index (κ2) is 8.69. The van der Waals surface area contributed by atoms with Gasteiger partial charge in [0.1, 0.15) is 38.2 Å². The van der Waals surface area contributed by atoms with Gasteiger partial charge in [0.05, 0.1) is 0 Å². The molecule has 2 aromatic rings. The third-order valence-corrected chi connectivity index (χ3v) is 4.12. The third kappa shape index (κ3) is 4.97. The average molecular weight is 358 g/mol. The molecule has 0 saturated heterocycles. The highest BCUT2D eigenvalue weighted by atomic mass is 16.6. The number of fused-ring (bicyclic) bond motifs is 1. The zero-order valence-electron chi connectivity index (χ0n) is 14.8. The Morgan fingerprint density at radius 1 is 1.27 bits per heavy atom. The summed E-state index contributed by atoms with van der Waals surface area (Å²) in [5, 5.41) is 12.1. The number of Topliss-reactive ketones (excluding diaryl/α,β-unsaturated/α-hetero) is 1. The fraction of sp³-hybridized carbons (Fsp3) is 0.350. The second-order valence-electron chi connectivity index (χ2n) is 6.31. The molecule has 6 heteroatoms. The van der Waals surface area contributed by atoms with E-state index in [0.717, 1.165) is 11.5 Å². The zero-order chi connectivity index (χ0) is 18.4. The van der Waals surface area contributed by atoms with Crippen LogP contribution in [0, 0.1) is 0 Å². The Hall–Kier alpha value is -2.57.